The van der Waals surface area contributed by atoms with Crippen molar-refractivity contribution in [3.8, 4) is 0 Å². The molecule has 0 atom stereocenters. The second kappa shape index (κ2) is 5.01. The van der Waals surface area contributed by atoms with Crippen LogP contribution in [-0.2, 0) is 17.5 Å². The molecule has 88 valence electrons. The predicted molar refractivity (Wildman–Crippen MR) is 53.6 cm³/mol. The van der Waals surface area contributed by atoms with Gasteiger partial charge in [-0.25, -0.2) is 0 Å². The highest BCUT2D eigenvalue weighted by Gasteiger charge is 2.30. The molecule has 0 unspecified atom stereocenters. The molecule has 1 N–H and O–H groups in total. The van der Waals surface area contributed by atoms with Gasteiger partial charge in [0.1, 0.15) is 0 Å². The average Bonchev–Trinajstić information content (AvgIpc) is 2.25. The van der Waals surface area contributed by atoms with E-state index in [2.05, 4.69) is 5.32 Å². The van der Waals surface area contributed by atoms with E-state index in [0.717, 1.165) is 12.1 Å². The second-order valence-corrected chi connectivity index (χ2v) is 3.33. The lowest BCUT2D eigenvalue weighted by Gasteiger charge is -2.09. The van der Waals surface area contributed by atoms with E-state index in [9.17, 15) is 18.0 Å². The minimum absolute atomic E-state index is 0.122. The lowest BCUT2D eigenvalue weighted by molar-refractivity contribution is -0.137. The van der Waals surface area contributed by atoms with Crippen molar-refractivity contribution in [3.63, 3.8) is 0 Å². The van der Waals surface area contributed by atoms with E-state index >= 15 is 0 Å². The molecular formula is C11H12F3NO. The van der Waals surface area contributed by atoms with E-state index in [1.165, 1.54) is 6.07 Å². The van der Waals surface area contributed by atoms with Crippen molar-refractivity contribution >= 4 is 5.91 Å². The summed E-state index contributed by atoms with van der Waals surface area (Å²) in [4.78, 5) is 10.9. The third-order valence-electron chi connectivity index (χ3n) is 2.07. The number of benzene rings is 1. The summed E-state index contributed by atoms with van der Waals surface area (Å²) in [6.45, 7) is 1.80. The highest BCUT2D eigenvalue weighted by molar-refractivity contribution is 5.75. The van der Waals surface area contributed by atoms with Gasteiger partial charge in [-0.1, -0.05) is 19.1 Å². The molecule has 1 aromatic rings. The number of carbonyl (C=O) groups is 1. The third-order valence-corrected chi connectivity index (χ3v) is 2.07. The number of halogens is 3. The van der Waals surface area contributed by atoms with E-state index < -0.39 is 11.7 Å². The molecule has 0 heterocycles. The molecule has 0 fully saturated rings. The van der Waals surface area contributed by atoms with Gasteiger partial charge in [0.15, 0.2) is 0 Å². The maximum Gasteiger partial charge on any atom is 0.416 e. The smallest absolute Gasteiger partial charge is 0.352 e. The van der Waals surface area contributed by atoms with Gasteiger partial charge in [-0.05, 0) is 17.7 Å². The number of nitrogens with one attached hydrogen (secondary N) is 1. The number of rotatable bonds is 3. The first kappa shape index (κ1) is 12.5. The Bertz CT molecular complexity index is 374. The van der Waals surface area contributed by atoms with Crippen LogP contribution in [0.15, 0.2) is 24.3 Å². The monoisotopic (exact) mass is 231 g/mol. The summed E-state index contributed by atoms with van der Waals surface area (Å²) in [7, 11) is 0. The summed E-state index contributed by atoms with van der Waals surface area (Å²) in [6, 6.07) is 4.92. The molecule has 0 aliphatic carbocycles. The SMILES string of the molecule is CCC(=O)NCc1cccc(C(F)(F)F)c1. The molecule has 5 heteroatoms. The third kappa shape index (κ3) is 3.56. The van der Waals surface area contributed by atoms with Crippen LogP contribution in [0.4, 0.5) is 13.2 Å². The van der Waals surface area contributed by atoms with Crippen LogP contribution in [0.1, 0.15) is 24.5 Å². The van der Waals surface area contributed by atoms with Crippen molar-refractivity contribution in [2.75, 3.05) is 0 Å². The van der Waals surface area contributed by atoms with Gasteiger partial charge < -0.3 is 5.32 Å². The number of hydrogen-bond donors (Lipinski definition) is 1. The summed E-state index contributed by atoms with van der Waals surface area (Å²) >= 11 is 0. The van der Waals surface area contributed by atoms with Gasteiger partial charge >= 0.3 is 6.18 Å². The summed E-state index contributed by atoms with van der Waals surface area (Å²) < 4.78 is 37.0. The van der Waals surface area contributed by atoms with Crippen molar-refractivity contribution < 1.29 is 18.0 Å². The molecule has 0 radical (unpaired) electrons. The van der Waals surface area contributed by atoms with Crippen LogP contribution in [0.5, 0.6) is 0 Å². The Hall–Kier alpha value is -1.52. The van der Waals surface area contributed by atoms with E-state index in [1.54, 1.807) is 13.0 Å². The first-order valence-corrected chi connectivity index (χ1v) is 4.86. The number of carbonyl (C=O) groups excluding carboxylic acids is 1. The van der Waals surface area contributed by atoms with Crippen LogP contribution in [-0.4, -0.2) is 5.91 Å². The molecule has 1 amide bonds. The van der Waals surface area contributed by atoms with Crippen molar-refractivity contribution in [3.05, 3.63) is 35.4 Å². The fourth-order valence-corrected chi connectivity index (χ4v) is 1.18. The molecule has 0 aliphatic heterocycles. The molecule has 0 aliphatic rings. The van der Waals surface area contributed by atoms with Gasteiger partial charge in [-0.15, -0.1) is 0 Å². The van der Waals surface area contributed by atoms with Crippen LogP contribution in [0, 0.1) is 0 Å². The minimum atomic E-state index is -4.34. The molecule has 1 aromatic carbocycles. The second-order valence-electron chi connectivity index (χ2n) is 3.33. The Morgan fingerprint density at radius 3 is 2.62 bits per heavy atom. The Balaban J connectivity index is 2.72. The molecule has 0 aromatic heterocycles. The first-order valence-electron chi connectivity index (χ1n) is 4.86. The van der Waals surface area contributed by atoms with E-state index in [1.807, 2.05) is 0 Å². The van der Waals surface area contributed by atoms with Gasteiger partial charge in [0.25, 0.3) is 0 Å². The Kier molecular flexibility index (Phi) is 3.93. The highest BCUT2D eigenvalue weighted by atomic mass is 19.4. The Morgan fingerprint density at radius 1 is 1.38 bits per heavy atom. The number of alkyl halides is 3. The lowest BCUT2D eigenvalue weighted by atomic mass is 10.1. The number of hydrogen-bond acceptors (Lipinski definition) is 1. The molecule has 1 rings (SSSR count). The number of amides is 1. The van der Waals surface area contributed by atoms with E-state index in [-0.39, 0.29) is 12.5 Å². The summed E-state index contributed by atoms with van der Waals surface area (Å²) in [5.74, 6) is -0.183. The fraction of sp³-hybridized carbons (Fsp3) is 0.364. The van der Waals surface area contributed by atoms with Gasteiger partial charge in [0.05, 0.1) is 5.56 Å². The van der Waals surface area contributed by atoms with E-state index in [0.29, 0.717) is 12.0 Å². The van der Waals surface area contributed by atoms with Crippen molar-refractivity contribution in [2.24, 2.45) is 0 Å². The normalized spacial score (nSPS) is 11.2. The zero-order valence-corrected chi connectivity index (χ0v) is 8.77. The molecule has 0 saturated heterocycles. The predicted octanol–water partition coefficient (Wildman–Crippen LogP) is 2.73. The van der Waals surface area contributed by atoms with Crippen LogP contribution >= 0.6 is 0 Å². The van der Waals surface area contributed by atoms with Crippen LogP contribution in [0.3, 0.4) is 0 Å². The Morgan fingerprint density at radius 2 is 2.06 bits per heavy atom. The van der Waals surface area contributed by atoms with Crippen LogP contribution < -0.4 is 5.32 Å². The van der Waals surface area contributed by atoms with Gasteiger partial charge in [0.2, 0.25) is 5.91 Å². The quantitative estimate of drug-likeness (QED) is 0.851. The molecule has 0 saturated carbocycles. The standard InChI is InChI=1S/C11H12F3NO/c1-2-10(16)15-7-8-4-3-5-9(6-8)11(12,13)14/h3-6H,2,7H2,1H3,(H,15,16). The van der Waals surface area contributed by atoms with Gasteiger partial charge in [-0.3, -0.25) is 4.79 Å². The zero-order valence-electron chi connectivity index (χ0n) is 8.77. The fourth-order valence-electron chi connectivity index (χ4n) is 1.18. The molecule has 0 bridgehead atoms. The molecule has 16 heavy (non-hydrogen) atoms. The summed E-state index contributed by atoms with van der Waals surface area (Å²) in [5, 5.41) is 2.52. The van der Waals surface area contributed by atoms with Crippen molar-refractivity contribution in [1.82, 2.24) is 5.32 Å². The molecule has 2 nitrogen and oxygen atoms in total. The average molecular weight is 231 g/mol. The molecule has 0 spiro atoms. The van der Waals surface area contributed by atoms with E-state index in [4.69, 9.17) is 0 Å². The molecular weight excluding hydrogens is 219 g/mol. The van der Waals surface area contributed by atoms with Crippen LogP contribution in [0.25, 0.3) is 0 Å². The van der Waals surface area contributed by atoms with Crippen LogP contribution in [0.2, 0.25) is 0 Å². The Labute approximate surface area is 91.5 Å². The summed E-state index contributed by atoms with van der Waals surface area (Å²) in [5.41, 5.74) is -0.257. The topological polar surface area (TPSA) is 29.1 Å². The van der Waals surface area contributed by atoms with Gasteiger partial charge in [0, 0.05) is 13.0 Å². The van der Waals surface area contributed by atoms with Crippen molar-refractivity contribution in [2.45, 2.75) is 26.1 Å². The lowest BCUT2D eigenvalue weighted by Crippen LogP contribution is -2.21. The maximum absolute atomic E-state index is 12.3. The highest BCUT2D eigenvalue weighted by Crippen LogP contribution is 2.29. The first-order chi connectivity index (χ1) is 7.43. The summed E-state index contributed by atoms with van der Waals surface area (Å²) in [6.07, 6.45) is -4.02. The maximum atomic E-state index is 12.3. The van der Waals surface area contributed by atoms with Crippen molar-refractivity contribution in [1.29, 1.82) is 0 Å². The largest absolute Gasteiger partial charge is 0.416 e. The zero-order chi connectivity index (χ0) is 12.2. The minimum Gasteiger partial charge on any atom is -0.352 e. The van der Waals surface area contributed by atoms with Gasteiger partial charge in [-0.2, -0.15) is 13.2 Å².